The number of fused-ring (bicyclic) bond motifs is 1. The Morgan fingerprint density at radius 2 is 2.09 bits per heavy atom. The second-order valence-corrected chi connectivity index (χ2v) is 8.21. The third kappa shape index (κ3) is 4.25. The number of benzene rings is 1. The summed E-state index contributed by atoms with van der Waals surface area (Å²) in [5.41, 5.74) is 2.61. The molecule has 0 radical (unpaired) electrons. The highest BCUT2D eigenvalue weighted by Crippen LogP contribution is 2.42. The first-order chi connectivity index (χ1) is 16.9. The number of carbonyl (C=O) groups excluding carboxylic acids is 1. The van der Waals surface area contributed by atoms with Gasteiger partial charge < -0.3 is 14.6 Å². The minimum atomic E-state index is -4.47. The van der Waals surface area contributed by atoms with Crippen LogP contribution in [0.2, 0.25) is 0 Å². The molecule has 0 saturated carbocycles. The number of hydrogen-bond acceptors (Lipinski definition) is 4. The lowest BCUT2D eigenvalue weighted by molar-refractivity contribution is -0.137. The Morgan fingerprint density at radius 1 is 1.23 bits per heavy atom. The molecule has 4 aromatic rings. The molecule has 0 spiro atoms. The molecule has 178 valence electrons. The zero-order valence-electron chi connectivity index (χ0n) is 18.5. The number of carbonyl (C=O) groups is 1. The van der Waals surface area contributed by atoms with Crippen molar-refractivity contribution in [1.82, 2.24) is 19.9 Å². The van der Waals surface area contributed by atoms with E-state index >= 15 is 0 Å². The molecule has 1 amide bonds. The van der Waals surface area contributed by atoms with E-state index in [-0.39, 0.29) is 18.6 Å². The van der Waals surface area contributed by atoms with Crippen LogP contribution in [0.4, 0.5) is 13.2 Å². The van der Waals surface area contributed by atoms with Gasteiger partial charge in [-0.2, -0.15) is 13.2 Å². The molecule has 35 heavy (non-hydrogen) atoms. The van der Waals surface area contributed by atoms with Crippen molar-refractivity contribution in [2.45, 2.75) is 18.6 Å². The summed E-state index contributed by atoms with van der Waals surface area (Å²) in [6.45, 7) is 4.43. The number of hydrogen-bond donors (Lipinski definition) is 1. The van der Waals surface area contributed by atoms with Gasteiger partial charge in [-0.3, -0.25) is 14.8 Å². The number of aromatic amines is 1. The van der Waals surface area contributed by atoms with Crippen LogP contribution >= 0.6 is 0 Å². The molecule has 1 fully saturated rings. The average molecular weight is 478 g/mol. The molecule has 0 bridgehead atoms. The van der Waals surface area contributed by atoms with E-state index in [1.807, 2.05) is 6.07 Å². The molecule has 4 heterocycles. The fourth-order valence-corrected chi connectivity index (χ4v) is 4.26. The Hall–Kier alpha value is -4.14. The normalized spacial score (nSPS) is 15.6. The second-order valence-electron chi connectivity index (χ2n) is 8.21. The number of halogens is 3. The predicted octanol–water partition coefficient (Wildman–Crippen LogP) is 5.48. The number of nitrogens with zero attached hydrogens (tertiary/aromatic N) is 3. The minimum absolute atomic E-state index is 0.0825. The van der Waals surface area contributed by atoms with Crippen LogP contribution in [-0.4, -0.2) is 45.0 Å². The maximum atomic E-state index is 13.5. The smallest absolute Gasteiger partial charge is 0.416 e. The van der Waals surface area contributed by atoms with Crippen LogP contribution in [0.1, 0.15) is 12.0 Å². The Labute approximate surface area is 199 Å². The van der Waals surface area contributed by atoms with Crippen molar-refractivity contribution < 1.29 is 22.7 Å². The number of pyridine rings is 2. The standard InChI is InChI=1S/C26H21F3N4O2/c1-2-22(34)33-12-9-18(33)15-35-21-14-30-11-8-19(21)24-23(25-20(32-24)7-4-10-31-25)16-5-3-6-17(13-16)26(27,28)29/h2-8,10-11,13-14,18,32H,1,9,12,15H2/t18-/m0/s1. The third-order valence-electron chi connectivity index (χ3n) is 6.12. The van der Waals surface area contributed by atoms with Crippen molar-refractivity contribution in [2.24, 2.45) is 0 Å². The van der Waals surface area contributed by atoms with E-state index in [2.05, 4.69) is 21.5 Å². The lowest BCUT2D eigenvalue weighted by atomic mass is 9.98. The summed E-state index contributed by atoms with van der Waals surface area (Å²) in [6, 6.07) is 10.4. The van der Waals surface area contributed by atoms with E-state index in [9.17, 15) is 18.0 Å². The van der Waals surface area contributed by atoms with E-state index in [0.29, 0.717) is 45.7 Å². The van der Waals surface area contributed by atoms with E-state index in [4.69, 9.17) is 4.74 Å². The number of ether oxygens (including phenoxy) is 1. The first kappa shape index (κ1) is 22.6. The summed E-state index contributed by atoms with van der Waals surface area (Å²) in [6.07, 6.45) is 2.36. The van der Waals surface area contributed by atoms with Crippen LogP contribution in [0, 0.1) is 0 Å². The summed E-state index contributed by atoms with van der Waals surface area (Å²) in [5, 5.41) is 0. The van der Waals surface area contributed by atoms with Crippen molar-refractivity contribution in [3.8, 4) is 28.1 Å². The van der Waals surface area contributed by atoms with Crippen LogP contribution in [0.3, 0.4) is 0 Å². The van der Waals surface area contributed by atoms with Gasteiger partial charge in [-0.1, -0.05) is 18.7 Å². The lowest BCUT2D eigenvalue weighted by Crippen LogP contribution is -2.53. The van der Waals surface area contributed by atoms with Gasteiger partial charge in [-0.25, -0.2) is 0 Å². The van der Waals surface area contributed by atoms with Crippen molar-refractivity contribution >= 4 is 16.9 Å². The molecule has 9 heteroatoms. The molecule has 3 aromatic heterocycles. The highest BCUT2D eigenvalue weighted by molar-refractivity contribution is 6.02. The van der Waals surface area contributed by atoms with E-state index in [0.717, 1.165) is 18.6 Å². The number of likely N-dealkylation sites (tertiary alicyclic amines) is 1. The van der Waals surface area contributed by atoms with Gasteiger partial charge in [0, 0.05) is 30.1 Å². The Bertz CT molecular complexity index is 1410. The number of rotatable bonds is 6. The lowest BCUT2D eigenvalue weighted by Gasteiger charge is -2.40. The van der Waals surface area contributed by atoms with E-state index in [1.165, 1.54) is 12.1 Å². The average Bonchev–Trinajstić information content (AvgIpc) is 3.22. The van der Waals surface area contributed by atoms with E-state index in [1.54, 1.807) is 41.7 Å². The fraction of sp³-hybridized carbons (Fsp3) is 0.192. The van der Waals surface area contributed by atoms with Crippen LogP contribution in [0.15, 0.2) is 73.7 Å². The number of H-pyrrole nitrogens is 1. The van der Waals surface area contributed by atoms with Gasteiger partial charge in [0.25, 0.3) is 0 Å². The summed E-state index contributed by atoms with van der Waals surface area (Å²) >= 11 is 0. The van der Waals surface area contributed by atoms with Gasteiger partial charge in [0.1, 0.15) is 12.4 Å². The summed E-state index contributed by atoms with van der Waals surface area (Å²) in [7, 11) is 0. The molecule has 1 atom stereocenters. The molecule has 1 aliphatic heterocycles. The van der Waals surface area contributed by atoms with Gasteiger partial charge in [0.05, 0.1) is 34.5 Å². The molecular formula is C26H21F3N4O2. The van der Waals surface area contributed by atoms with Gasteiger partial charge in [-0.15, -0.1) is 0 Å². The summed E-state index contributed by atoms with van der Waals surface area (Å²) < 4.78 is 46.4. The summed E-state index contributed by atoms with van der Waals surface area (Å²) in [4.78, 5) is 25.5. The number of amides is 1. The molecule has 0 aliphatic carbocycles. The Kier molecular flexibility index (Phi) is 5.76. The van der Waals surface area contributed by atoms with Crippen molar-refractivity contribution in [3.63, 3.8) is 0 Å². The summed E-state index contributed by atoms with van der Waals surface area (Å²) in [5.74, 6) is 0.301. The van der Waals surface area contributed by atoms with Crippen LogP contribution in [-0.2, 0) is 11.0 Å². The third-order valence-corrected chi connectivity index (χ3v) is 6.12. The molecule has 1 N–H and O–H groups in total. The predicted molar refractivity (Wildman–Crippen MR) is 126 cm³/mol. The maximum Gasteiger partial charge on any atom is 0.416 e. The minimum Gasteiger partial charge on any atom is -0.489 e. The van der Waals surface area contributed by atoms with Crippen LogP contribution in [0.5, 0.6) is 5.75 Å². The number of nitrogens with one attached hydrogen (secondary N) is 1. The zero-order chi connectivity index (χ0) is 24.6. The second kappa shape index (κ2) is 8.90. The van der Waals surface area contributed by atoms with Crippen LogP contribution in [0.25, 0.3) is 33.4 Å². The Morgan fingerprint density at radius 3 is 2.83 bits per heavy atom. The van der Waals surface area contributed by atoms with Gasteiger partial charge in [0.15, 0.2) is 0 Å². The monoisotopic (exact) mass is 478 g/mol. The molecule has 6 nitrogen and oxygen atoms in total. The highest BCUT2D eigenvalue weighted by atomic mass is 19.4. The van der Waals surface area contributed by atoms with Crippen LogP contribution < -0.4 is 4.74 Å². The number of aromatic nitrogens is 3. The molecular weight excluding hydrogens is 457 g/mol. The molecule has 1 aromatic carbocycles. The quantitative estimate of drug-likeness (QED) is 0.373. The maximum absolute atomic E-state index is 13.5. The highest BCUT2D eigenvalue weighted by Gasteiger charge is 2.32. The van der Waals surface area contributed by atoms with Gasteiger partial charge in [-0.05, 0) is 48.4 Å². The van der Waals surface area contributed by atoms with Crippen molar-refractivity contribution in [3.05, 3.63) is 79.3 Å². The molecule has 1 aliphatic rings. The SMILES string of the molecule is C=CC(=O)N1CC[C@H]1COc1cnccc1-c1[nH]c2cccnc2c1-c1cccc(C(F)(F)F)c1. The topological polar surface area (TPSA) is 71.1 Å². The number of alkyl halides is 3. The Balaban J connectivity index is 1.57. The molecule has 0 unspecified atom stereocenters. The fourth-order valence-electron chi connectivity index (χ4n) is 4.26. The zero-order valence-corrected chi connectivity index (χ0v) is 18.5. The molecule has 1 saturated heterocycles. The van der Waals surface area contributed by atoms with E-state index < -0.39 is 11.7 Å². The van der Waals surface area contributed by atoms with Gasteiger partial charge in [0.2, 0.25) is 5.91 Å². The largest absolute Gasteiger partial charge is 0.489 e. The van der Waals surface area contributed by atoms with Gasteiger partial charge >= 0.3 is 6.18 Å². The first-order valence-electron chi connectivity index (χ1n) is 11.0. The van der Waals surface area contributed by atoms with Crippen molar-refractivity contribution in [1.29, 1.82) is 0 Å². The van der Waals surface area contributed by atoms with Crippen molar-refractivity contribution in [2.75, 3.05) is 13.2 Å². The first-order valence-corrected chi connectivity index (χ1v) is 11.0. The molecule has 5 rings (SSSR count).